The fraction of sp³-hybridized carbons (Fsp3) is 0.316. The fourth-order valence-corrected chi connectivity index (χ4v) is 3.00. The molecule has 0 bridgehead atoms. The minimum Gasteiger partial charge on any atom is -0.467 e. The van der Waals surface area contributed by atoms with E-state index in [1.165, 1.54) is 30.2 Å². The van der Waals surface area contributed by atoms with E-state index in [0.29, 0.717) is 5.76 Å². The van der Waals surface area contributed by atoms with Crippen LogP contribution in [0.25, 0.3) is 0 Å². The van der Waals surface area contributed by atoms with Crippen molar-refractivity contribution in [3.05, 3.63) is 53.2 Å². The molecule has 1 aromatic heterocycles. The third-order valence-corrected chi connectivity index (χ3v) is 4.61. The standard InChI is InChI=1S/C19H18ClFN2O5/c1-11(18(25)22-13-4-5-16(21)15(20)8-13)28-19(26)12-7-17(24)23(9-12)10-14-3-2-6-27-14/h2-6,8,11-12H,7,9-10H2,1H3,(H,22,25)/t11-,12+/m0/s1. The van der Waals surface area contributed by atoms with Crippen molar-refractivity contribution in [3.8, 4) is 0 Å². The second-order valence-corrected chi connectivity index (χ2v) is 6.86. The van der Waals surface area contributed by atoms with E-state index in [4.69, 9.17) is 20.8 Å². The predicted octanol–water partition coefficient (Wildman–Crippen LogP) is 2.99. The Bertz CT molecular complexity index is 886. The van der Waals surface area contributed by atoms with Crippen LogP contribution >= 0.6 is 11.6 Å². The van der Waals surface area contributed by atoms with Gasteiger partial charge in [0.05, 0.1) is 23.7 Å². The normalized spacial score (nSPS) is 17.5. The van der Waals surface area contributed by atoms with Gasteiger partial charge in [-0.3, -0.25) is 14.4 Å². The van der Waals surface area contributed by atoms with Gasteiger partial charge in [0.2, 0.25) is 5.91 Å². The van der Waals surface area contributed by atoms with Gasteiger partial charge in [0, 0.05) is 18.7 Å². The minimum atomic E-state index is -1.09. The van der Waals surface area contributed by atoms with Crippen molar-refractivity contribution in [1.82, 2.24) is 4.90 Å². The average Bonchev–Trinajstić information content (AvgIpc) is 3.28. The van der Waals surface area contributed by atoms with Gasteiger partial charge in [-0.2, -0.15) is 0 Å². The predicted molar refractivity (Wildman–Crippen MR) is 97.8 cm³/mol. The molecule has 1 saturated heterocycles. The van der Waals surface area contributed by atoms with Crippen molar-refractivity contribution in [2.24, 2.45) is 5.92 Å². The zero-order valence-electron chi connectivity index (χ0n) is 15.0. The Morgan fingerprint density at radius 2 is 2.21 bits per heavy atom. The molecule has 2 amide bonds. The lowest BCUT2D eigenvalue weighted by atomic mass is 10.1. The largest absolute Gasteiger partial charge is 0.467 e. The molecule has 1 N–H and O–H groups in total. The second-order valence-electron chi connectivity index (χ2n) is 6.45. The average molecular weight is 409 g/mol. The first-order chi connectivity index (χ1) is 13.3. The number of amides is 2. The number of carbonyl (C=O) groups excluding carboxylic acids is 3. The summed E-state index contributed by atoms with van der Waals surface area (Å²) in [4.78, 5) is 38.1. The van der Waals surface area contributed by atoms with Gasteiger partial charge in [-0.15, -0.1) is 0 Å². The summed E-state index contributed by atoms with van der Waals surface area (Å²) in [6.45, 7) is 1.88. The summed E-state index contributed by atoms with van der Waals surface area (Å²) >= 11 is 5.67. The van der Waals surface area contributed by atoms with Crippen LogP contribution in [-0.2, 0) is 25.7 Å². The van der Waals surface area contributed by atoms with E-state index >= 15 is 0 Å². The van der Waals surface area contributed by atoms with Crippen LogP contribution in [-0.4, -0.2) is 35.3 Å². The Morgan fingerprint density at radius 1 is 1.43 bits per heavy atom. The lowest BCUT2D eigenvalue weighted by Gasteiger charge is -2.17. The van der Waals surface area contributed by atoms with Crippen LogP contribution in [0.2, 0.25) is 5.02 Å². The van der Waals surface area contributed by atoms with Crippen molar-refractivity contribution in [2.75, 3.05) is 11.9 Å². The summed E-state index contributed by atoms with van der Waals surface area (Å²) in [6.07, 6.45) is 0.433. The molecule has 148 valence electrons. The van der Waals surface area contributed by atoms with Gasteiger partial charge in [0.25, 0.3) is 5.91 Å². The number of halogens is 2. The molecule has 0 spiro atoms. The zero-order valence-corrected chi connectivity index (χ0v) is 15.7. The number of benzene rings is 1. The van der Waals surface area contributed by atoms with Gasteiger partial charge in [-0.1, -0.05) is 11.6 Å². The molecule has 0 saturated carbocycles. The van der Waals surface area contributed by atoms with E-state index in [1.807, 2.05) is 0 Å². The summed E-state index contributed by atoms with van der Waals surface area (Å²) in [7, 11) is 0. The number of esters is 1. The Kier molecular flexibility index (Phi) is 5.99. The topological polar surface area (TPSA) is 88.9 Å². The first kappa shape index (κ1) is 19.9. The molecular formula is C19H18ClFN2O5. The highest BCUT2D eigenvalue weighted by atomic mass is 35.5. The summed E-state index contributed by atoms with van der Waals surface area (Å²) < 4.78 is 23.6. The lowest BCUT2D eigenvalue weighted by molar-refractivity contribution is -0.157. The molecule has 1 fully saturated rings. The molecule has 2 aromatic rings. The molecule has 1 aliphatic heterocycles. The van der Waals surface area contributed by atoms with Crippen LogP contribution < -0.4 is 5.32 Å². The number of rotatable bonds is 6. The SMILES string of the molecule is C[C@H](OC(=O)[C@@H]1CC(=O)N(Cc2ccco2)C1)C(=O)Nc1ccc(F)c(Cl)c1. The minimum absolute atomic E-state index is 0.0153. The molecule has 0 unspecified atom stereocenters. The highest BCUT2D eigenvalue weighted by molar-refractivity contribution is 6.31. The van der Waals surface area contributed by atoms with Crippen LogP contribution in [0.4, 0.5) is 10.1 Å². The lowest BCUT2D eigenvalue weighted by Crippen LogP contribution is -2.33. The number of ether oxygens (including phenoxy) is 1. The Hall–Kier alpha value is -2.87. The summed E-state index contributed by atoms with van der Waals surface area (Å²) in [6, 6.07) is 7.18. The molecule has 0 aliphatic carbocycles. The van der Waals surface area contributed by atoms with Gasteiger partial charge >= 0.3 is 5.97 Å². The van der Waals surface area contributed by atoms with E-state index < -0.39 is 29.7 Å². The van der Waals surface area contributed by atoms with Crippen LogP contribution in [0, 0.1) is 11.7 Å². The summed E-state index contributed by atoms with van der Waals surface area (Å²) in [5.74, 6) is -2.05. The zero-order chi connectivity index (χ0) is 20.3. The summed E-state index contributed by atoms with van der Waals surface area (Å²) in [5.41, 5.74) is 0.278. The van der Waals surface area contributed by atoms with Gasteiger partial charge < -0.3 is 19.4 Å². The third kappa shape index (κ3) is 4.69. The van der Waals surface area contributed by atoms with E-state index in [1.54, 1.807) is 12.1 Å². The number of hydrogen-bond acceptors (Lipinski definition) is 5. The second kappa shape index (κ2) is 8.43. The van der Waals surface area contributed by atoms with E-state index in [0.717, 1.165) is 6.07 Å². The molecule has 3 rings (SSSR count). The van der Waals surface area contributed by atoms with Crippen LogP contribution in [0.3, 0.4) is 0 Å². The van der Waals surface area contributed by atoms with Crippen molar-refractivity contribution >= 4 is 35.1 Å². The first-order valence-corrected chi connectivity index (χ1v) is 8.98. The maximum atomic E-state index is 13.2. The molecular weight excluding hydrogens is 391 g/mol. The van der Waals surface area contributed by atoms with E-state index in [-0.39, 0.29) is 36.1 Å². The number of hydrogen-bond donors (Lipinski definition) is 1. The highest BCUT2D eigenvalue weighted by Crippen LogP contribution is 2.23. The molecule has 7 nitrogen and oxygen atoms in total. The molecule has 28 heavy (non-hydrogen) atoms. The highest BCUT2D eigenvalue weighted by Gasteiger charge is 2.36. The van der Waals surface area contributed by atoms with Crippen LogP contribution in [0.1, 0.15) is 19.1 Å². The Labute approximate surface area is 165 Å². The Balaban J connectivity index is 1.52. The van der Waals surface area contributed by atoms with Crippen LogP contribution in [0.5, 0.6) is 0 Å². The van der Waals surface area contributed by atoms with E-state index in [9.17, 15) is 18.8 Å². The van der Waals surface area contributed by atoms with Crippen molar-refractivity contribution < 1.29 is 27.9 Å². The number of nitrogens with one attached hydrogen (secondary N) is 1. The molecule has 1 aliphatic rings. The van der Waals surface area contributed by atoms with E-state index in [2.05, 4.69) is 5.32 Å². The molecule has 1 aromatic carbocycles. The number of anilines is 1. The number of furan rings is 1. The molecule has 2 atom stereocenters. The fourth-order valence-electron chi connectivity index (χ4n) is 2.82. The first-order valence-electron chi connectivity index (χ1n) is 8.60. The maximum Gasteiger partial charge on any atom is 0.312 e. The van der Waals surface area contributed by atoms with Gasteiger partial charge in [-0.25, -0.2) is 4.39 Å². The number of carbonyl (C=O) groups is 3. The van der Waals surface area contributed by atoms with Crippen molar-refractivity contribution in [1.29, 1.82) is 0 Å². The summed E-state index contributed by atoms with van der Waals surface area (Å²) in [5, 5.41) is 2.36. The van der Waals surface area contributed by atoms with Gasteiger partial charge in [-0.05, 0) is 37.3 Å². The third-order valence-electron chi connectivity index (χ3n) is 4.32. The molecule has 0 radical (unpaired) electrons. The van der Waals surface area contributed by atoms with Crippen LogP contribution in [0.15, 0.2) is 41.0 Å². The number of likely N-dealkylation sites (tertiary alicyclic amines) is 1. The van der Waals surface area contributed by atoms with Gasteiger partial charge in [0.15, 0.2) is 6.10 Å². The Morgan fingerprint density at radius 3 is 2.89 bits per heavy atom. The molecule has 2 heterocycles. The maximum absolute atomic E-state index is 13.2. The number of nitrogens with zero attached hydrogens (tertiary/aromatic N) is 1. The monoisotopic (exact) mass is 408 g/mol. The molecule has 9 heteroatoms. The van der Waals surface area contributed by atoms with Crippen molar-refractivity contribution in [2.45, 2.75) is 26.0 Å². The quantitative estimate of drug-likeness (QED) is 0.742. The van der Waals surface area contributed by atoms with Gasteiger partial charge in [0.1, 0.15) is 11.6 Å². The van der Waals surface area contributed by atoms with Crippen molar-refractivity contribution in [3.63, 3.8) is 0 Å². The smallest absolute Gasteiger partial charge is 0.312 e.